The Morgan fingerprint density at radius 3 is 2.10 bits per heavy atom. The summed E-state index contributed by atoms with van der Waals surface area (Å²) in [5, 5.41) is 0.691. The van der Waals surface area contributed by atoms with E-state index < -0.39 is 45.1 Å². The number of benzene rings is 1. The first-order chi connectivity index (χ1) is 14.0. The van der Waals surface area contributed by atoms with Crippen LogP contribution in [0.3, 0.4) is 0 Å². The van der Waals surface area contributed by atoms with Crippen molar-refractivity contribution in [3.63, 3.8) is 0 Å². The molecule has 0 radical (unpaired) electrons. The van der Waals surface area contributed by atoms with Gasteiger partial charge < -0.3 is 10.5 Å². The predicted octanol–water partition coefficient (Wildman–Crippen LogP) is 3.77. The maximum atomic E-state index is 12.4. The molecule has 0 saturated carbocycles. The molecule has 170 valence electrons. The smallest absolute Gasteiger partial charge is 0.417 e. The van der Waals surface area contributed by atoms with Crippen molar-refractivity contribution < 1.29 is 48.8 Å². The van der Waals surface area contributed by atoms with Gasteiger partial charge in [-0.2, -0.15) is 34.8 Å². The zero-order valence-electron chi connectivity index (χ0n) is 15.4. The van der Waals surface area contributed by atoms with Crippen LogP contribution in [0.15, 0.2) is 41.9 Å². The monoisotopic (exact) mass is 472 g/mol. The largest absolute Gasteiger partial charge is 0.481 e. The highest BCUT2D eigenvalue weighted by atomic mass is 32.2. The van der Waals surface area contributed by atoms with Crippen molar-refractivity contribution in [3.8, 4) is 5.88 Å². The molecular weight excluding hydrogens is 458 g/mol. The Kier molecular flexibility index (Phi) is 8.18. The van der Waals surface area contributed by atoms with Crippen molar-refractivity contribution in [2.75, 3.05) is 7.11 Å². The highest BCUT2D eigenvalue weighted by Gasteiger charge is 2.39. The number of methoxy groups -OCH3 is 1. The molecule has 2 rings (SSSR count). The SMILES string of the molecule is COc1ccc(/C=C/S(=O)(=O)O)cn1.NC(=O)c1ccc(C(F)(F)F)cc1C(F)(F)F. The highest BCUT2D eigenvalue weighted by Crippen LogP contribution is 2.37. The van der Waals surface area contributed by atoms with Gasteiger partial charge in [0.2, 0.25) is 11.8 Å². The van der Waals surface area contributed by atoms with E-state index in [9.17, 15) is 39.6 Å². The second-order valence-electron chi connectivity index (χ2n) is 5.57. The van der Waals surface area contributed by atoms with Gasteiger partial charge in [0.25, 0.3) is 10.1 Å². The number of pyridine rings is 1. The topological polar surface area (TPSA) is 120 Å². The molecule has 2 aromatic rings. The lowest BCUT2D eigenvalue weighted by Crippen LogP contribution is -2.20. The van der Waals surface area contributed by atoms with Gasteiger partial charge in [-0.25, -0.2) is 4.98 Å². The Bertz CT molecular complexity index is 1050. The summed E-state index contributed by atoms with van der Waals surface area (Å²) in [5.41, 5.74) is 1.03. The summed E-state index contributed by atoms with van der Waals surface area (Å²) >= 11 is 0. The molecule has 0 aliphatic rings. The van der Waals surface area contributed by atoms with E-state index in [-0.39, 0.29) is 6.07 Å². The number of carbonyl (C=O) groups excluding carboxylic acids is 1. The molecule has 7 nitrogen and oxygen atoms in total. The van der Waals surface area contributed by atoms with E-state index in [4.69, 9.17) is 9.29 Å². The first-order valence-electron chi connectivity index (χ1n) is 7.78. The Balaban J connectivity index is 0.000000316. The minimum Gasteiger partial charge on any atom is -0.481 e. The second kappa shape index (κ2) is 9.78. The predicted molar refractivity (Wildman–Crippen MR) is 96.3 cm³/mol. The standard InChI is InChI=1S/C9H5F6NO.C8H9NO4S/c10-8(11,12)4-1-2-5(7(16)17)6(3-4)9(13,14)15;1-13-8-3-2-7(6-9-8)4-5-14(10,11)12/h1-3H,(H2,16,17);2-6H,1H3,(H,10,11,12)/b;5-4+. The fourth-order valence-corrected chi connectivity index (χ4v) is 2.27. The summed E-state index contributed by atoms with van der Waals surface area (Å²) in [4.78, 5) is 14.5. The van der Waals surface area contributed by atoms with Crippen molar-refractivity contribution in [3.05, 3.63) is 64.2 Å². The van der Waals surface area contributed by atoms with Gasteiger partial charge in [0, 0.05) is 12.3 Å². The first kappa shape index (κ1) is 25.9. The molecule has 1 aromatic heterocycles. The third kappa shape index (κ3) is 8.64. The van der Waals surface area contributed by atoms with Gasteiger partial charge >= 0.3 is 12.4 Å². The summed E-state index contributed by atoms with van der Waals surface area (Å²) in [5.74, 6) is -1.000. The van der Waals surface area contributed by atoms with Gasteiger partial charge in [0.1, 0.15) is 0 Å². The Morgan fingerprint density at radius 2 is 1.71 bits per heavy atom. The average Bonchev–Trinajstić information content (AvgIpc) is 2.65. The van der Waals surface area contributed by atoms with Crippen LogP contribution in [0.1, 0.15) is 27.0 Å². The van der Waals surface area contributed by atoms with Crippen molar-refractivity contribution in [1.82, 2.24) is 4.98 Å². The third-order valence-electron chi connectivity index (χ3n) is 3.32. The molecule has 0 fully saturated rings. The minimum atomic E-state index is -5.08. The maximum absolute atomic E-state index is 12.4. The number of nitrogens with two attached hydrogens (primary N) is 1. The number of carbonyl (C=O) groups is 1. The van der Waals surface area contributed by atoms with Crippen LogP contribution in [-0.4, -0.2) is 31.0 Å². The van der Waals surface area contributed by atoms with Crippen LogP contribution >= 0.6 is 0 Å². The van der Waals surface area contributed by atoms with E-state index in [0.717, 1.165) is 0 Å². The zero-order chi connectivity index (χ0) is 24.0. The zero-order valence-corrected chi connectivity index (χ0v) is 16.2. The van der Waals surface area contributed by atoms with Crippen LogP contribution in [0.4, 0.5) is 26.3 Å². The number of ether oxygens (including phenoxy) is 1. The lowest BCUT2D eigenvalue weighted by molar-refractivity contribution is -0.143. The molecule has 0 aliphatic heterocycles. The molecule has 0 atom stereocenters. The van der Waals surface area contributed by atoms with Gasteiger partial charge in [0.05, 0.1) is 29.2 Å². The minimum absolute atomic E-state index is 0.139. The van der Waals surface area contributed by atoms with Crippen LogP contribution < -0.4 is 10.5 Å². The fourth-order valence-electron chi connectivity index (χ4n) is 1.95. The van der Waals surface area contributed by atoms with Crippen LogP contribution in [0.2, 0.25) is 0 Å². The van der Waals surface area contributed by atoms with Crippen LogP contribution in [-0.2, 0) is 22.5 Å². The van der Waals surface area contributed by atoms with Crippen LogP contribution in [0.25, 0.3) is 6.08 Å². The number of aromatic nitrogens is 1. The molecular formula is C17H14F6N2O5S. The molecule has 14 heteroatoms. The van der Waals surface area contributed by atoms with E-state index in [0.29, 0.717) is 29.0 Å². The second-order valence-corrected chi connectivity index (χ2v) is 6.87. The molecule has 1 heterocycles. The van der Waals surface area contributed by atoms with Crippen molar-refractivity contribution in [2.45, 2.75) is 12.4 Å². The molecule has 0 spiro atoms. The van der Waals surface area contributed by atoms with Crippen LogP contribution in [0.5, 0.6) is 5.88 Å². The van der Waals surface area contributed by atoms with E-state index in [1.807, 2.05) is 0 Å². The summed E-state index contributed by atoms with van der Waals surface area (Å²) in [6, 6.07) is 3.85. The summed E-state index contributed by atoms with van der Waals surface area (Å²) < 4.78 is 108. The number of halogens is 6. The molecule has 0 saturated heterocycles. The molecule has 1 amide bonds. The number of amides is 1. The molecule has 0 aliphatic carbocycles. The highest BCUT2D eigenvalue weighted by molar-refractivity contribution is 7.88. The lowest BCUT2D eigenvalue weighted by atomic mass is 10.0. The molecule has 1 aromatic carbocycles. The van der Waals surface area contributed by atoms with Gasteiger partial charge in [-0.1, -0.05) is 0 Å². The fraction of sp³-hybridized carbons (Fsp3) is 0.176. The van der Waals surface area contributed by atoms with E-state index in [1.165, 1.54) is 19.4 Å². The maximum Gasteiger partial charge on any atom is 0.417 e. The number of alkyl halides is 6. The summed E-state index contributed by atoms with van der Waals surface area (Å²) in [6.45, 7) is 0. The van der Waals surface area contributed by atoms with E-state index >= 15 is 0 Å². The van der Waals surface area contributed by atoms with Gasteiger partial charge in [-0.3, -0.25) is 9.35 Å². The van der Waals surface area contributed by atoms with E-state index in [1.54, 1.807) is 12.1 Å². The summed E-state index contributed by atoms with van der Waals surface area (Å²) in [7, 11) is -2.60. The molecule has 3 N–H and O–H groups in total. The summed E-state index contributed by atoms with van der Waals surface area (Å²) in [6.07, 6.45) is -7.33. The van der Waals surface area contributed by atoms with Gasteiger partial charge in [0.15, 0.2) is 0 Å². The number of hydrogen-bond donors (Lipinski definition) is 2. The first-order valence-corrected chi connectivity index (χ1v) is 9.29. The van der Waals surface area contributed by atoms with Gasteiger partial charge in [-0.05, 0) is 35.9 Å². The Hall–Kier alpha value is -3.13. The average molecular weight is 472 g/mol. The Labute approximate surface area is 171 Å². The molecule has 0 unspecified atom stereocenters. The lowest BCUT2D eigenvalue weighted by Gasteiger charge is -2.14. The number of primary amides is 1. The van der Waals surface area contributed by atoms with Crippen molar-refractivity contribution in [1.29, 1.82) is 0 Å². The number of rotatable bonds is 4. The normalized spacial score (nSPS) is 12.3. The van der Waals surface area contributed by atoms with Gasteiger partial charge in [-0.15, -0.1) is 0 Å². The van der Waals surface area contributed by atoms with Crippen molar-refractivity contribution >= 4 is 22.1 Å². The Morgan fingerprint density at radius 1 is 1.10 bits per heavy atom. The quantitative estimate of drug-likeness (QED) is 0.517. The van der Waals surface area contributed by atoms with Crippen molar-refractivity contribution in [2.24, 2.45) is 5.73 Å². The third-order valence-corrected chi connectivity index (χ3v) is 3.80. The van der Waals surface area contributed by atoms with E-state index in [2.05, 4.69) is 10.7 Å². The number of hydrogen-bond acceptors (Lipinski definition) is 5. The number of nitrogens with zero attached hydrogens (tertiary/aromatic N) is 1. The van der Waals surface area contributed by atoms with Crippen LogP contribution in [0, 0.1) is 0 Å². The molecule has 31 heavy (non-hydrogen) atoms. The molecule has 0 bridgehead atoms.